The van der Waals surface area contributed by atoms with Crippen molar-refractivity contribution in [3.63, 3.8) is 0 Å². The highest BCUT2D eigenvalue weighted by Crippen LogP contribution is 2.42. The van der Waals surface area contributed by atoms with Crippen molar-refractivity contribution in [1.82, 2.24) is 14.4 Å². The molecule has 0 radical (unpaired) electrons. The topological polar surface area (TPSA) is 149 Å². The zero-order chi connectivity index (χ0) is 29.7. The molecule has 2 unspecified atom stereocenters. The third kappa shape index (κ3) is 7.25. The second-order valence-electron chi connectivity index (χ2n) is 10.1. The van der Waals surface area contributed by atoms with Crippen LogP contribution in [0.2, 0.25) is 0 Å². The number of esters is 1. The van der Waals surface area contributed by atoms with E-state index in [1.54, 1.807) is 6.92 Å². The van der Waals surface area contributed by atoms with Crippen molar-refractivity contribution in [2.75, 3.05) is 6.61 Å². The molecule has 2 aliphatic rings. The number of alkyl halides is 1. The molecule has 2 fully saturated rings. The van der Waals surface area contributed by atoms with Crippen molar-refractivity contribution in [2.24, 2.45) is 0 Å². The predicted octanol–water partition coefficient (Wildman–Crippen LogP) is 3.29. The molecule has 0 spiro atoms. The van der Waals surface area contributed by atoms with Crippen LogP contribution in [0.1, 0.15) is 58.6 Å². The quantitative estimate of drug-likeness (QED) is 0.224. The number of hydrogen-bond acceptors (Lipinski definition) is 9. The molecule has 2 aromatic rings. The van der Waals surface area contributed by atoms with Gasteiger partial charge in [-0.15, -0.1) is 4.52 Å². The molecule has 6 atom stereocenters. The second kappa shape index (κ2) is 13.3. The summed E-state index contributed by atoms with van der Waals surface area (Å²) in [6, 6.07) is 4.60. The minimum Gasteiger partial charge on any atom is -0.461 e. The van der Waals surface area contributed by atoms with Gasteiger partial charge in [-0.05, 0) is 67.9 Å². The SMILES string of the molecule is CCC(C(=O)OC1CCCCC1)N(Oc1ccc(F)cc1)[P+](=O)OC[C@H]1O[C@@H](n2ccc(=O)[nH]c2=O)[C@](C)(F)[C@@H]1O. The fourth-order valence-corrected chi connectivity index (χ4v) is 5.84. The first-order chi connectivity index (χ1) is 19.5. The normalized spacial score (nSPS) is 26.1. The number of rotatable bonds is 11. The second-order valence-corrected chi connectivity index (χ2v) is 11.3. The summed E-state index contributed by atoms with van der Waals surface area (Å²) in [6.07, 6.45) is 0.329. The summed E-state index contributed by atoms with van der Waals surface area (Å²) >= 11 is 0. The first kappa shape index (κ1) is 30.9. The number of aliphatic hydroxyl groups is 1. The molecular formula is C26H33F2N3O9P+. The molecule has 1 aromatic carbocycles. The number of H-pyrrole nitrogens is 1. The summed E-state index contributed by atoms with van der Waals surface area (Å²) in [5, 5.41) is 10.6. The number of aromatic nitrogens is 2. The van der Waals surface area contributed by atoms with E-state index in [4.69, 9.17) is 18.8 Å². The van der Waals surface area contributed by atoms with Gasteiger partial charge in [0.15, 0.2) is 23.7 Å². The molecule has 15 heteroatoms. The molecule has 2 N–H and O–H groups in total. The maximum Gasteiger partial charge on any atom is 0.653 e. The average Bonchev–Trinajstić information content (AvgIpc) is 3.16. The number of aliphatic hydroxyl groups excluding tert-OH is 1. The summed E-state index contributed by atoms with van der Waals surface area (Å²) < 4.78 is 59.8. The van der Waals surface area contributed by atoms with E-state index >= 15 is 4.39 Å². The van der Waals surface area contributed by atoms with Gasteiger partial charge in [-0.1, -0.05) is 13.3 Å². The molecular weight excluding hydrogens is 567 g/mol. The third-order valence-electron chi connectivity index (χ3n) is 7.10. The molecule has 1 aliphatic heterocycles. The zero-order valence-corrected chi connectivity index (χ0v) is 23.5. The van der Waals surface area contributed by atoms with Crippen LogP contribution in [-0.4, -0.2) is 62.1 Å². The summed E-state index contributed by atoms with van der Waals surface area (Å²) in [4.78, 5) is 45.2. The number of halogens is 2. The van der Waals surface area contributed by atoms with Gasteiger partial charge in [-0.2, -0.15) is 0 Å². The third-order valence-corrected chi connectivity index (χ3v) is 8.16. The number of carbonyl (C=O) groups is 1. The van der Waals surface area contributed by atoms with E-state index in [1.807, 2.05) is 4.98 Å². The highest BCUT2D eigenvalue weighted by atomic mass is 31.1. The highest BCUT2D eigenvalue weighted by Gasteiger charge is 2.56. The Morgan fingerprint density at radius 3 is 2.56 bits per heavy atom. The van der Waals surface area contributed by atoms with Crippen molar-refractivity contribution in [3.05, 3.63) is 63.2 Å². The largest absolute Gasteiger partial charge is 0.653 e. The molecule has 1 saturated heterocycles. The van der Waals surface area contributed by atoms with Crippen LogP contribution in [0.15, 0.2) is 46.1 Å². The predicted molar refractivity (Wildman–Crippen MR) is 140 cm³/mol. The van der Waals surface area contributed by atoms with Crippen LogP contribution in [0.3, 0.4) is 0 Å². The molecule has 1 aromatic heterocycles. The van der Waals surface area contributed by atoms with Crippen LogP contribution in [0.25, 0.3) is 0 Å². The Hall–Kier alpha value is -3.03. The van der Waals surface area contributed by atoms with Crippen molar-refractivity contribution in [1.29, 1.82) is 0 Å². The Morgan fingerprint density at radius 2 is 1.93 bits per heavy atom. The molecule has 1 aliphatic carbocycles. The smallest absolute Gasteiger partial charge is 0.461 e. The van der Waals surface area contributed by atoms with Crippen LogP contribution in [0.5, 0.6) is 5.75 Å². The number of nitrogens with zero attached hydrogens (tertiary/aromatic N) is 2. The number of nitrogens with one attached hydrogen (secondary N) is 1. The average molecular weight is 601 g/mol. The Kier molecular flexibility index (Phi) is 10.0. The standard InChI is InChI=1S/C26H32F2N3O9P/c1-3-19(23(34)38-17-7-5-4-6-8-17)31(40-18-11-9-16(27)10-12-18)41(36)37-15-20-22(33)26(2,28)24(39-20)30-14-13-21(32)29-25(30)35/h9-14,17,19-20,22,24,33H,3-8,15H2,1-2H3/p+1/t19?,20-,22-,24-,26-/m1/s1. The lowest BCUT2D eigenvalue weighted by Gasteiger charge is -2.25. The fourth-order valence-electron chi connectivity index (χ4n) is 4.81. The van der Waals surface area contributed by atoms with Gasteiger partial charge in [0.05, 0.1) is 0 Å². The van der Waals surface area contributed by atoms with Crippen molar-refractivity contribution in [3.8, 4) is 5.75 Å². The van der Waals surface area contributed by atoms with Crippen LogP contribution < -0.4 is 16.1 Å². The Balaban J connectivity index is 1.50. The molecule has 12 nitrogen and oxygen atoms in total. The van der Waals surface area contributed by atoms with Gasteiger partial charge in [-0.25, -0.2) is 13.6 Å². The maximum atomic E-state index is 15.5. The first-order valence-corrected chi connectivity index (χ1v) is 14.5. The summed E-state index contributed by atoms with van der Waals surface area (Å²) in [6.45, 7) is 2.04. The van der Waals surface area contributed by atoms with Crippen LogP contribution in [0.4, 0.5) is 8.78 Å². The van der Waals surface area contributed by atoms with Gasteiger partial charge in [0, 0.05) is 12.3 Å². The molecule has 1 saturated carbocycles. The molecule has 0 bridgehead atoms. The Morgan fingerprint density at radius 1 is 1.24 bits per heavy atom. The molecule has 4 rings (SSSR count). The summed E-state index contributed by atoms with van der Waals surface area (Å²) in [5.74, 6) is -1.15. The minimum absolute atomic E-state index is 0.0632. The zero-order valence-electron chi connectivity index (χ0n) is 22.6. The van der Waals surface area contributed by atoms with Crippen molar-refractivity contribution < 1.29 is 42.1 Å². The lowest BCUT2D eigenvalue weighted by Crippen LogP contribution is -2.44. The number of aromatic amines is 1. The van der Waals surface area contributed by atoms with Gasteiger partial charge in [0.25, 0.3) is 5.56 Å². The van der Waals surface area contributed by atoms with Crippen molar-refractivity contribution in [2.45, 2.75) is 88.6 Å². The van der Waals surface area contributed by atoms with Gasteiger partial charge < -0.3 is 19.4 Å². The van der Waals surface area contributed by atoms with Gasteiger partial charge >= 0.3 is 19.8 Å². The monoisotopic (exact) mass is 600 g/mol. The van der Waals surface area contributed by atoms with Gasteiger partial charge in [0.2, 0.25) is 0 Å². The molecule has 0 amide bonds. The van der Waals surface area contributed by atoms with Crippen LogP contribution in [0, 0.1) is 5.82 Å². The van der Waals surface area contributed by atoms with E-state index in [9.17, 15) is 28.4 Å². The summed E-state index contributed by atoms with van der Waals surface area (Å²) in [7, 11) is -2.98. The van der Waals surface area contributed by atoms with E-state index < -0.39 is 68.0 Å². The molecule has 41 heavy (non-hydrogen) atoms. The van der Waals surface area contributed by atoms with Crippen LogP contribution >= 0.6 is 8.18 Å². The summed E-state index contributed by atoms with van der Waals surface area (Å²) in [5.41, 5.74) is -4.15. The van der Waals surface area contributed by atoms with E-state index in [0.29, 0.717) is 12.8 Å². The lowest BCUT2D eigenvalue weighted by atomic mass is 9.98. The van der Waals surface area contributed by atoms with Crippen LogP contribution in [-0.2, 0) is 23.4 Å². The van der Waals surface area contributed by atoms with Gasteiger partial charge in [0.1, 0.15) is 35.6 Å². The van der Waals surface area contributed by atoms with E-state index in [-0.39, 0.29) is 18.3 Å². The number of ether oxygens (including phenoxy) is 2. The van der Waals surface area contributed by atoms with E-state index in [0.717, 1.165) is 60.0 Å². The fraction of sp³-hybridized carbons (Fsp3) is 0.577. The van der Waals surface area contributed by atoms with E-state index in [2.05, 4.69) is 0 Å². The van der Waals surface area contributed by atoms with Crippen molar-refractivity contribution >= 4 is 14.1 Å². The van der Waals surface area contributed by atoms with E-state index in [1.165, 1.54) is 12.1 Å². The first-order valence-electron chi connectivity index (χ1n) is 13.4. The number of hydrogen-bond donors (Lipinski definition) is 2. The van der Waals surface area contributed by atoms with Gasteiger partial charge in [-0.3, -0.25) is 19.1 Å². The highest BCUT2D eigenvalue weighted by molar-refractivity contribution is 7.36. The Bertz CT molecular complexity index is 1330. The molecule has 224 valence electrons. The number of carbonyl (C=O) groups excluding carboxylic acids is 1. The maximum absolute atomic E-state index is 15.5. The number of hydroxylamine groups is 1. The molecule has 2 heterocycles. The lowest BCUT2D eigenvalue weighted by molar-refractivity contribution is -0.163. The number of benzene rings is 1. The Labute approximate surface area is 235 Å². The minimum atomic E-state index is -2.98.